The Hall–Kier alpha value is -1.96. The maximum Gasteiger partial charge on any atom is 0.0366 e. The van der Waals surface area contributed by atoms with E-state index in [-0.39, 0.29) is 0 Å². The van der Waals surface area contributed by atoms with Crippen molar-refractivity contribution in [2.75, 3.05) is 36.0 Å². The number of rotatable bonds is 8. The molecule has 2 unspecified atom stereocenters. The molecule has 1 saturated carbocycles. The van der Waals surface area contributed by atoms with Crippen LogP contribution >= 0.6 is 0 Å². The van der Waals surface area contributed by atoms with Gasteiger partial charge in [-0.25, -0.2) is 0 Å². The summed E-state index contributed by atoms with van der Waals surface area (Å²) < 4.78 is 0. The molecule has 1 aliphatic carbocycles. The fourth-order valence-electron chi connectivity index (χ4n) is 4.89. The second kappa shape index (κ2) is 10.0. The topological polar surface area (TPSA) is 6.48 Å². The van der Waals surface area contributed by atoms with Crippen molar-refractivity contribution in [1.82, 2.24) is 0 Å². The summed E-state index contributed by atoms with van der Waals surface area (Å²) in [6.07, 6.45) is 5.29. The van der Waals surface area contributed by atoms with Gasteiger partial charge in [-0.3, -0.25) is 0 Å². The minimum absolute atomic E-state index is 0.701. The van der Waals surface area contributed by atoms with E-state index in [4.69, 9.17) is 0 Å². The lowest BCUT2D eigenvalue weighted by Gasteiger charge is -2.31. The van der Waals surface area contributed by atoms with Gasteiger partial charge in [0.05, 0.1) is 0 Å². The summed E-state index contributed by atoms with van der Waals surface area (Å²) in [5.74, 6) is 1.40. The molecule has 0 saturated heterocycles. The zero-order valence-electron chi connectivity index (χ0n) is 18.3. The van der Waals surface area contributed by atoms with Crippen LogP contribution in [0, 0.1) is 0 Å². The van der Waals surface area contributed by atoms with E-state index in [9.17, 15) is 0 Å². The van der Waals surface area contributed by atoms with Crippen molar-refractivity contribution in [2.24, 2.45) is 0 Å². The molecular weight excluding hydrogens is 340 g/mol. The fraction of sp³-hybridized carbons (Fsp3) is 0.538. The van der Waals surface area contributed by atoms with E-state index in [1.165, 1.54) is 48.2 Å². The molecule has 2 heteroatoms. The van der Waals surface area contributed by atoms with Crippen molar-refractivity contribution in [1.29, 1.82) is 0 Å². The zero-order chi connectivity index (χ0) is 19.9. The van der Waals surface area contributed by atoms with E-state index < -0.39 is 0 Å². The van der Waals surface area contributed by atoms with Crippen molar-refractivity contribution in [2.45, 2.75) is 65.2 Å². The van der Waals surface area contributed by atoms with Crippen LogP contribution in [0.5, 0.6) is 0 Å². The summed E-state index contributed by atoms with van der Waals surface area (Å²) in [5, 5.41) is 0. The second-order valence-corrected chi connectivity index (χ2v) is 8.09. The van der Waals surface area contributed by atoms with Gasteiger partial charge < -0.3 is 9.80 Å². The van der Waals surface area contributed by atoms with Crippen LogP contribution in [0.4, 0.5) is 11.4 Å². The number of hydrogen-bond acceptors (Lipinski definition) is 2. The van der Waals surface area contributed by atoms with Crippen LogP contribution < -0.4 is 9.80 Å². The minimum Gasteiger partial charge on any atom is -0.372 e. The summed E-state index contributed by atoms with van der Waals surface area (Å²) in [6.45, 7) is 13.2. The standard InChI is InChI=1S/C26H38N2/c1-5-27(6-2)25-16-12-21(13-17-25)23-10-9-11-24(20-23)22-14-18-26(19-15-22)28(7-3)8-4/h12-19,23-24H,5-11,20H2,1-4H3. The Bertz CT molecular complexity index is 635. The number of benzene rings is 2. The summed E-state index contributed by atoms with van der Waals surface area (Å²) >= 11 is 0. The monoisotopic (exact) mass is 378 g/mol. The molecule has 0 radical (unpaired) electrons. The molecule has 28 heavy (non-hydrogen) atoms. The highest BCUT2D eigenvalue weighted by atomic mass is 15.1. The first-order valence-electron chi connectivity index (χ1n) is 11.4. The Morgan fingerprint density at radius 1 is 0.607 bits per heavy atom. The van der Waals surface area contributed by atoms with Gasteiger partial charge in [-0.15, -0.1) is 0 Å². The smallest absolute Gasteiger partial charge is 0.0366 e. The third-order valence-electron chi connectivity index (χ3n) is 6.66. The first kappa shape index (κ1) is 20.8. The molecule has 0 N–H and O–H groups in total. The van der Waals surface area contributed by atoms with Crippen molar-refractivity contribution >= 4 is 11.4 Å². The molecule has 0 amide bonds. The molecule has 0 aliphatic heterocycles. The van der Waals surface area contributed by atoms with Gasteiger partial charge in [-0.05, 0) is 94.2 Å². The highest BCUT2D eigenvalue weighted by Crippen LogP contribution is 2.41. The normalized spacial score (nSPS) is 19.4. The Kier molecular flexibility index (Phi) is 7.42. The van der Waals surface area contributed by atoms with E-state index in [0.717, 1.165) is 26.2 Å². The lowest BCUT2D eigenvalue weighted by atomic mass is 9.75. The van der Waals surface area contributed by atoms with Crippen LogP contribution in [0.25, 0.3) is 0 Å². The zero-order valence-corrected chi connectivity index (χ0v) is 18.3. The predicted octanol–water partition coefficient (Wildman–Crippen LogP) is 6.82. The SMILES string of the molecule is CCN(CC)c1ccc(C2CCCC(c3ccc(N(CC)CC)cc3)C2)cc1. The Morgan fingerprint density at radius 2 is 0.964 bits per heavy atom. The van der Waals surface area contributed by atoms with Crippen molar-refractivity contribution in [3.8, 4) is 0 Å². The predicted molar refractivity (Wildman–Crippen MR) is 124 cm³/mol. The van der Waals surface area contributed by atoms with Gasteiger partial charge in [0.15, 0.2) is 0 Å². The van der Waals surface area contributed by atoms with Gasteiger partial charge in [0.1, 0.15) is 0 Å². The molecule has 1 aliphatic rings. The third-order valence-corrected chi connectivity index (χ3v) is 6.66. The summed E-state index contributed by atoms with van der Waals surface area (Å²) in [4.78, 5) is 4.84. The molecule has 3 rings (SSSR count). The maximum absolute atomic E-state index is 2.42. The maximum atomic E-state index is 2.42. The van der Waals surface area contributed by atoms with E-state index in [1.807, 2.05) is 0 Å². The first-order valence-corrected chi connectivity index (χ1v) is 11.4. The summed E-state index contributed by atoms with van der Waals surface area (Å²) in [7, 11) is 0. The minimum atomic E-state index is 0.701. The van der Waals surface area contributed by atoms with E-state index >= 15 is 0 Å². The lowest BCUT2D eigenvalue weighted by Crippen LogP contribution is -2.22. The van der Waals surface area contributed by atoms with Gasteiger partial charge in [0.25, 0.3) is 0 Å². The Morgan fingerprint density at radius 3 is 1.29 bits per heavy atom. The highest BCUT2D eigenvalue weighted by molar-refractivity contribution is 5.49. The van der Waals surface area contributed by atoms with E-state index in [0.29, 0.717) is 11.8 Å². The molecular formula is C26H38N2. The van der Waals surface area contributed by atoms with Crippen LogP contribution in [-0.2, 0) is 0 Å². The van der Waals surface area contributed by atoms with Crippen molar-refractivity contribution < 1.29 is 0 Å². The Labute approximate surface area is 172 Å². The van der Waals surface area contributed by atoms with Crippen molar-refractivity contribution in [3.63, 3.8) is 0 Å². The van der Waals surface area contributed by atoms with Gasteiger partial charge in [-0.2, -0.15) is 0 Å². The van der Waals surface area contributed by atoms with E-state index in [2.05, 4.69) is 86.0 Å². The quantitative estimate of drug-likeness (QED) is 0.497. The number of anilines is 2. The highest BCUT2D eigenvalue weighted by Gasteiger charge is 2.24. The Balaban J connectivity index is 1.68. The molecule has 0 spiro atoms. The first-order chi connectivity index (χ1) is 13.7. The third kappa shape index (κ3) is 4.71. The van der Waals surface area contributed by atoms with Crippen LogP contribution in [0.3, 0.4) is 0 Å². The van der Waals surface area contributed by atoms with E-state index in [1.54, 1.807) is 0 Å². The average molecular weight is 379 g/mol. The van der Waals surface area contributed by atoms with Crippen LogP contribution in [0.1, 0.15) is 76.3 Å². The van der Waals surface area contributed by atoms with Gasteiger partial charge in [-0.1, -0.05) is 30.7 Å². The second-order valence-electron chi connectivity index (χ2n) is 8.09. The molecule has 0 bridgehead atoms. The summed E-state index contributed by atoms with van der Waals surface area (Å²) in [5.41, 5.74) is 5.77. The lowest BCUT2D eigenvalue weighted by molar-refractivity contribution is 0.394. The van der Waals surface area contributed by atoms with Crippen LogP contribution in [0.2, 0.25) is 0 Å². The van der Waals surface area contributed by atoms with Gasteiger partial charge >= 0.3 is 0 Å². The summed E-state index contributed by atoms with van der Waals surface area (Å²) in [6, 6.07) is 18.8. The van der Waals surface area contributed by atoms with Gasteiger partial charge in [0, 0.05) is 37.6 Å². The molecule has 0 heterocycles. The number of nitrogens with zero attached hydrogens (tertiary/aromatic N) is 2. The molecule has 152 valence electrons. The van der Waals surface area contributed by atoms with Crippen LogP contribution in [-0.4, -0.2) is 26.2 Å². The molecule has 2 aromatic carbocycles. The molecule has 1 fully saturated rings. The largest absolute Gasteiger partial charge is 0.372 e. The van der Waals surface area contributed by atoms with Crippen molar-refractivity contribution in [3.05, 3.63) is 59.7 Å². The molecule has 2 aromatic rings. The molecule has 2 atom stereocenters. The number of hydrogen-bond donors (Lipinski definition) is 0. The average Bonchev–Trinajstić information content (AvgIpc) is 2.76. The fourth-order valence-corrected chi connectivity index (χ4v) is 4.89. The molecule has 2 nitrogen and oxygen atoms in total. The van der Waals surface area contributed by atoms with Crippen LogP contribution in [0.15, 0.2) is 48.5 Å². The molecule has 0 aromatic heterocycles. The van der Waals surface area contributed by atoms with Gasteiger partial charge in [0.2, 0.25) is 0 Å².